The molecule has 4 aromatic rings. The third-order valence-electron chi connectivity index (χ3n) is 6.56. The molecule has 0 saturated carbocycles. The summed E-state index contributed by atoms with van der Waals surface area (Å²) in [6.45, 7) is 0.656. The predicted octanol–water partition coefficient (Wildman–Crippen LogP) is 3.19. The number of aliphatic hydroxyl groups is 1. The van der Waals surface area contributed by atoms with E-state index in [1.807, 2.05) is 30.3 Å². The molecule has 1 saturated heterocycles. The summed E-state index contributed by atoms with van der Waals surface area (Å²) >= 11 is 1.22. The van der Waals surface area contributed by atoms with Gasteiger partial charge >= 0.3 is 0 Å². The second kappa shape index (κ2) is 11.4. The van der Waals surface area contributed by atoms with Gasteiger partial charge in [0.15, 0.2) is 0 Å². The number of hydrogen-bond acceptors (Lipinski definition) is 8. The van der Waals surface area contributed by atoms with Crippen LogP contribution in [0.25, 0.3) is 27.2 Å². The number of piperidine rings is 1. The molecule has 196 valence electrons. The van der Waals surface area contributed by atoms with Crippen molar-refractivity contribution in [1.29, 1.82) is 5.26 Å². The van der Waals surface area contributed by atoms with Crippen molar-refractivity contribution in [3.05, 3.63) is 76.6 Å². The van der Waals surface area contributed by atoms with E-state index in [0.29, 0.717) is 53.1 Å². The number of carbonyl (C=O) groups excluding carboxylic acids is 3. The van der Waals surface area contributed by atoms with E-state index < -0.39 is 17.6 Å². The summed E-state index contributed by atoms with van der Waals surface area (Å²) in [7, 11) is 0. The van der Waals surface area contributed by atoms with E-state index in [4.69, 9.17) is 5.11 Å². The molecular weight excluding hydrogens is 516 g/mol. The lowest BCUT2D eigenvalue weighted by atomic mass is 9.93. The third-order valence-corrected chi connectivity index (χ3v) is 7.41. The molecule has 1 aliphatic rings. The Morgan fingerprint density at radius 1 is 1.15 bits per heavy atom. The van der Waals surface area contributed by atoms with E-state index in [-0.39, 0.29) is 24.4 Å². The van der Waals surface area contributed by atoms with Crippen LogP contribution in [0.4, 0.5) is 0 Å². The van der Waals surface area contributed by atoms with Gasteiger partial charge < -0.3 is 20.3 Å². The van der Waals surface area contributed by atoms with Gasteiger partial charge in [0.05, 0.1) is 29.3 Å². The summed E-state index contributed by atoms with van der Waals surface area (Å²) in [6, 6.07) is 13.4. The number of H-pyrrole nitrogens is 1. The number of nitriles is 1. The highest BCUT2D eigenvalue weighted by Crippen LogP contribution is 2.31. The quantitative estimate of drug-likeness (QED) is 0.185. The summed E-state index contributed by atoms with van der Waals surface area (Å²) in [4.78, 5) is 51.9. The molecule has 3 N–H and O–H groups in total. The lowest BCUT2D eigenvalue weighted by Crippen LogP contribution is -2.40. The van der Waals surface area contributed by atoms with Gasteiger partial charge in [-0.05, 0) is 30.0 Å². The maximum absolute atomic E-state index is 13.3. The van der Waals surface area contributed by atoms with Crippen molar-refractivity contribution in [2.45, 2.75) is 12.8 Å². The number of fused-ring (bicyclic) bond motifs is 1. The number of benzene rings is 1. The van der Waals surface area contributed by atoms with Crippen molar-refractivity contribution < 1.29 is 19.5 Å². The maximum Gasteiger partial charge on any atom is 0.295 e. The number of allylic oxidation sites excluding steroid dienone is 1. The van der Waals surface area contributed by atoms with Crippen molar-refractivity contribution in [1.82, 2.24) is 25.2 Å². The Labute approximate surface area is 227 Å². The zero-order valence-corrected chi connectivity index (χ0v) is 21.6. The molecule has 39 heavy (non-hydrogen) atoms. The number of nitrogens with one attached hydrogen (secondary N) is 2. The normalized spacial score (nSPS) is 13.2. The number of likely N-dealkylation sites (tertiary alicyclic amines) is 1. The third kappa shape index (κ3) is 5.20. The van der Waals surface area contributed by atoms with Gasteiger partial charge in [0.25, 0.3) is 17.6 Å². The van der Waals surface area contributed by atoms with Crippen LogP contribution < -0.4 is 5.32 Å². The van der Waals surface area contributed by atoms with Gasteiger partial charge in [-0.25, -0.2) is 4.98 Å². The average molecular weight is 541 g/mol. The Morgan fingerprint density at radius 3 is 2.64 bits per heavy atom. The summed E-state index contributed by atoms with van der Waals surface area (Å²) in [5.74, 6) is -1.63. The van der Waals surface area contributed by atoms with Crippen LogP contribution in [0.5, 0.6) is 0 Å². The number of aromatic amines is 1. The van der Waals surface area contributed by atoms with Crippen LogP contribution in [0.15, 0.2) is 59.7 Å². The van der Waals surface area contributed by atoms with E-state index >= 15 is 0 Å². The molecule has 1 fully saturated rings. The fourth-order valence-corrected chi connectivity index (χ4v) is 5.39. The van der Waals surface area contributed by atoms with Gasteiger partial charge in [0.1, 0.15) is 16.4 Å². The van der Waals surface area contributed by atoms with Gasteiger partial charge in [-0.15, -0.1) is 11.3 Å². The fourth-order valence-electron chi connectivity index (χ4n) is 4.59. The van der Waals surface area contributed by atoms with Crippen LogP contribution in [0.3, 0.4) is 0 Å². The van der Waals surface area contributed by atoms with Crippen molar-refractivity contribution in [2.24, 2.45) is 0 Å². The Kier molecular flexibility index (Phi) is 7.58. The topological polar surface area (TPSA) is 152 Å². The van der Waals surface area contributed by atoms with E-state index in [0.717, 1.165) is 11.1 Å². The minimum absolute atomic E-state index is 0.122. The number of rotatable bonds is 7. The first-order valence-corrected chi connectivity index (χ1v) is 13.2. The molecule has 1 aliphatic heterocycles. The lowest BCUT2D eigenvalue weighted by Gasteiger charge is -2.28. The van der Waals surface area contributed by atoms with Crippen LogP contribution in [-0.4, -0.2) is 68.8 Å². The first-order valence-electron chi connectivity index (χ1n) is 12.3. The van der Waals surface area contributed by atoms with Crippen LogP contribution in [0, 0.1) is 11.3 Å². The SMILES string of the molecule is N#CC(=C1CCN(C(=O)C(=O)c2c[nH]c3c(-c4nc(C(=O)NCCO)cs4)nccc23)CC1)c1ccccc1. The number of Topliss-reactive ketones (excluding diaryl/α,β-unsaturated/α-hetero) is 1. The van der Waals surface area contributed by atoms with E-state index in [2.05, 4.69) is 26.3 Å². The Morgan fingerprint density at radius 2 is 1.92 bits per heavy atom. The number of nitrogens with zero attached hydrogens (tertiary/aromatic N) is 4. The first kappa shape index (κ1) is 26.0. The van der Waals surface area contributed by atoms with Crippen LogP contribution in [-0.2, 0) is 4.79 Å². The highest BCUT2D eigenvalue weighted by atomic mass is 32.1. The van der Waals surface area contributed by atoms with Gasteiger partial charge in [-0.1, -0.05) is 30.3 Å². The van der Waals surface area contributed by atoms with E-state index in [9.17, 15) is 19.6 Å². The maximum atomic E-state index is 13.3. The average Bonchev–Trinajstić information content (AvgIpc) is 3.65. The standard InChI is InChI=1S/C28H24N6O4S/c29-14-20(17-4-2-1-3-5-17)18-7-11-34(12-8-18)28(38)25(36)21-15-32-23-19(21)6-9-30-24(23)27-33-22(16-39-27)26(37)31-10-13-35/h1-6,9,15-16,32,35H,7-8,10-13H2,(H,31,37). The van der Waals surface area contributed by atoms with Crippen LogP contribution in [0.1, 0.15) is 39.3 Å². The minimum atomic E-state index is -0.627. The van der Waals surface area contributed by atoms with Gasteiger partial charge in [-0.3, -0.25) is 19.4 Å². The molecule has 1 aromatic carbocycles. The zero-order valence-electron chi connectivity index (χ0n) is 20.8. The largest absolute Gasteiger partial charge is 0.395 e. The number of aromatic nitrogens is 3. The van der Waals surface area contributed by atoms with Crippen molar-refractivity contribution in [3.63, 3.8) is 0 Å². The lowest BCUT2D eigenvalue weighted by molar-refractivity contribution is -0.126. The molecule has 3 aromatic heterocycles. The molecule has 0 atom stereocenters. The molecule has 0 aliphatic carbocycles. The molecule has 4 heterocycles. The predicted molar refractivity (Wildman–Crippen MR) is 146 cm³/mol. The Balaban J connectivity index is 1.33. The van der Waals surface area contributed by atoms with Crippen molar-refractivity contribution in [3.8, 4) is 16.8 Å². The molecule has 0 radical (unpaired) electrons. The summed E-state index contributed by atoms with van der Waals surface area (Å²) in [5.41, 5.74) is 3.90. The number of hydrogen-bond donors (Lipinski definition) is 3. The van der Waals surface area contributed by atoms with Crippen molar-refractivity contribution in [2.75, 3.05) is 26.2 Å². The van der Waals surface area contributed by atoms with Gasteiger partial charge in [0.2, 0.25) is 0 Å². The van der Waals surface area contributed by atoms with Crippen LogP contribution >= 0.6 is 11.3 Å². The summed E-state index contributed by atoms with van der Waals surface area (Å²) < 4.78 is 0. The fraction of sp³-hybridized carbons (Fsp3) is 0.214. The Bertz CT molecular complexity index is 1620. The highest BCUT2D eigenvalue weighted by molar-refractivity contribution is 7.13. The monoisotopic (exact) mass is 540 g/mol. The molecule has 5 rings (SSSR count). The van der Waals surface area contributed by atoms with Crippen LogP contribution in [0.2, 0.25) is 0 Å². The Hall–Kier alpha value is -4.66. The number of thiazole rings is 1. The van der Waals surface area contributed by atoms with E-state index in [1.54, 1.807) is 11.4 Å². The summed E-state index contributed by atoms with van der Waals surface area (Å²) in [5, 5.41) is 23.8. The molecule has 11 heteroatoms. The zero-order chi connectivity index (χ0) is 27.4. The number of ketones is 1. The molecule has 10 nitrogen and oxygen atoms in total. The second-order valence-corrected chi connectivity index (χ2v) is 9.74. The molecular formula is C28H24N6O4S. The second-order valence-electron chi connectivity index (χ2n) is 8.88. The summed E-state index contributed by atoms with van der Waals surface area (Å²) in [6.07, 6.45) is 4.08. The number of amides is 2. The smallest absolute Gasteiger partial charge is 0.295 e. The van der Waals surface area contributed by atoms with E-state index in [1.165, 1.54) is 28.6 Å². The molecule has 0 spiro atoms. The number of carbonyl (C=O) groups is 3. The first-order chi connectivity index (χ1) is 19.0. The molecule has 0 unspecified atom stereocenters. The minimum Gasteiger partial charge on any atom is -0.395 e. The number of aliphatic hydroxyl groups excluding tert-OH is 1. The number of pyridine rings is 1. The van der Waals surface area contributed by atoms with Gasteiger partial charge in [-0.2, -0.15) is 5.26 Å². The van der Waals surface area contributed by atoms with Crippen molar-refractivity contribution >= 4 is 45.4 Å². The molecule has 2 amide bonds. The molecule has 0 bridgehead atoms. The highest BCUT2D eigenvalue weighted by Gasteiger charge is 2.29. The van der Waals surface area contributed by atoms with Gasteiger partial charge in [0, 0.05) is 42.8 Å².